The molecule has 0 unspecified atom stereocenters. The van der Waals surface area contributed by atoms with Gasteiger partial charge in [-0.1, -0.05) is 0 Å². The Hall–Kier alpha value is 0.511. The van der Waals surface area contributed by atoms with Gasteiger partial charge in [0.1, 0.15) is 6.42 Å². The Morgan fingerprint density at radius 1 is 1.12 bits per heavy atom. The Kier molecular flexibility index (Phi) is 7.99. The van der Waals surface area contributed by atoms with Crippen molar-refractivity contribution in [1.29, 1.82) is 0 Å². The number of hydrogen-bond acceptors (Lipinski definition) is 2. The molecule has 2 N–H and O–H groups in total. The van der Waals surface area contributed by atoms with Crippen LogP contribution in [0.2, 0.25) is 0 Å². The van der Waals surface area contributed by atoms with Gasteiger partial charge in [0.05, 0.1) is 0 Å². The largest absolute Gasteiger partial charge is 0.481 e. The molecule has 0 fully saturated rings. The van der Waals surface area contributed by atoms with E-state index in [9.17, 15) is 9.59 Å². The van der Waals surface area contributed by atoms with Gasteiger partial charge < -0.3 is 10.2 Å². The van der Waals surface area contributed by atoms with Gasteiger partial charge in [-0.15, -0.1) is 0 Å². The van der Waals surface area contributed by atoms with Crippen molar-refractivity contribution in [3.63, 3.8) is 0 Å². The Morgan fingerprint density at radius 3 is 1.38 bits per heavy atom. The van der Waals surface area contributed by atoms with Crippen LogP contribution in [0.1, 0.15) is 6.42 Å². The van der Waals surface area contributed by atoms with Crippen LogP contribution >= 0.6 is 0 Å². The zero-order valence-electron chi connectivity index (χ0n) is 4.13. The summed E-state index contributed by atoms with van der Waals surface area (Å²) in [5, 5.41) is 15.4. The summed E-state index contributed by atoms with van der Waals surface area (Å²) >= 11 is 0. The minimum absolute atomic E-state index is 0. The van der Waals surface area contributed by atoms with Gasteiger partial charge in [-0.2, -0.15) is 0 Å². The van der Waals surface area contributed by atoms with E-state index in [1.807, 2.05) is 0 Å². The van der Waals surface area contributed by atoms with Crippen LogP contribution in [-0.4, -0.2) is 71.0 Å². The second kappa shape index (κ2) is 5.64. The van der Waals surface area contributed by atoms with E-state index in [-0.39, 0.29) is 48.9 Å². The van der Waals surface area contributed by atoms with Crippen LogP contribution in [0.25, 0.3) is 0 Å². The monoisotopic (exact) mass is 242 g/mol. The van der Waals surface area contributed by atoms with Crippen molar-refractivity contribution in [2.24, 2.45) is 0 Å². The summed E-state index contributed by atoms with van der Waals surface area (Å²) in [4.78, 5) is 18.9. The van der Waals surface area contributed by atoms with E-state index < -0.39 is 18.4 Å². The van der Waals surface area contributed by atoms with E-state index >= 15 is 0 Å². The van der Waals surface area contributed by atoms with E-state index in [4.69, 9.17) is 10.2 Å². The Bertz CT molecular complexity index is 87.5. The molecule has 0 saturated heterocycles. The van der Waals surface area contributed by atoms with Gasteiger partial charge >= 0.3 is 11.9 Å². The maximum Gasteiger partial charge on any atom is 0.314 e. The van der Waals surface area contributed by atoms with Crippen LogP contribution in [0, 0.1) is 0 Å². The molecule has 0 aliphatic carbocycles. The molecule has 0 atom stereocenters. The summed E-state index contributed by atoms with van der Waals surface area (Å²) in [5.41, 5.74) is 0. The number of carbonyl (C=O) groups is 2. The second-order valence-electron chi connectivity index (χ2n) is 0.964. The molecule has 0 saturated carbocycles. The van der Waals surface area contributed by atoms with Crippen molar-refractivity contribution in [2.45, 2.75) is 6.42 Å². The van der Waals surface area contributed by atoms with Crippen LogP contribution in [-0.2, 0) is 9.59 Å². The molecule has 4 nitrogen and oxygen atoms in total. The minimum Gasteiger partial charge on any atom is -0.481 e. The smallest absolute Gasteiger partial charge is 0.314 e. The van der Waals surface area contributed by atoms with E-state index in [0.29, 0.717) is 0 Å². The average Bonchev–Trinajstić information content (AvgIpc) is 1.27. The normalized spacial score (nSPS) is 7.00. The molecule has 0 bridgehead atoms. The van der Waals surface area contributed by atoms with Gasteiger partial charge in [0.15, 0.2) is 0 Å². The van der Waals surface area contributed by atoms with Crippen LogP contribution in [0.4, 0.5) is 0 Å². The average molecular weight is 241 g/mol. The summed E-state index contributed by atoms with van der Waals surface area (Å²) in [6, 6.07) is 0. The molecule has 0 aromatic rings. The third-order valence-electron chi connectivity index (χ3n) is 0.302. The molecule has 5 heteroatoms. The molecule has 0 heterocycles. The maximum atomic E-state index is 9.43. The fourth-order valence-corrected chi connectivity index (χ4v) is 0.129. The second-order valence-corrected chi connectivity index (χ2v) is 0.964. The maximum absolute atomic E-state index is 9.43. The van der Waals surface area contributed by atoms with Gasteiger partial charge in [0.25, 0.3) is 0 Å². The molecule has 8 heavy (non-hydrogen) atoms. The molecule has 2 radical (unpaired) electrons. The van der Waals surface area contributed by atoms with Gasteiger partial charge in [-0.25, -0.2) is 0 Å². The van der Waals surface area contributed by atoms with E-state index in [0.717, 1.165) is 0 Å². The predicted octanol–water partition coefficient (Wildman–Crippen LogP) is -0.835. The number of carboxylic acids is 2. The van der Waals surface area contributed by atoms with Crippen LogP contribution < -0.4 is 0 Å². The first kappa shape index (κ1) is 11.3. The minimum atomic E-state index is -1.31. The van der Waals surface area contributed by atoms with E-state index in [2.05, 4.69) is 0 Å². The molecular formula is C3H4BaO4. The predicted molar refractivity (Wildman–Crippen MR) is 25.6 cm³/mol. The van der Waals surface area contributed by atoms with Crippen molar-refractivity contribution in [1.82, 2.24) is 0 Å². The first-order chi connectivity index (χ1) is 3.13. The molecule has 0 amide bonds. The van der Waals surface area contributed by atoms with Crippen LogP contribution in [0.3, 0.4) is 0 Å². The molecule has 0 aliphatic rings. The van der Waals surface area contributed by atoms with Crippen molar-refractivity contribution in [2.75, 3.05) is 0 Å². The van der Waals surface area contributed by atoms with Gasteiger partial charge in [0, 0.05) is 48.9 Å². The Balaban J connectivity index is 0. The molecule has 0 aliphatic heterocycles. The first-order valence-corrected chi connectivity index (χ1v) is 1.56. The van der Waals surface area contributed by atoms with Crippen molar-refractivity contribution < 1.29 is 19.8 Å². The Morgan fingerprint density at radius 2 is 1.38 bits per heavy atom. The zero-order chi connectivity index (χ0) is 5.86. The topological polar surface area (TPSA) is 74.6 Å². The third kappa shape index (κ3) is 9.72. The van der Waals surface area contributed by atoms with Crippen molar-refractivity contribution >= 4 is 60.8 Å². The molecule has 0 aromatic heterocycles. The molecule has 42 valence electrons. The summed E-state index contributed by atoms with van der Waals surface area (Å²) in [6.45, 7) is 0. The zero-order valence-corrected chi connectivity index (χ0v) is 8.57. The van der Waals surface area contributed by atoms with Crippen LogP contribution in [0.5, 0.6) is 0 Å². The number of rotatable bonds is 2. The van der Waals surface area contributed by atoms with Gasteiger partial charge in [-0.3, -0.25) is 9.59 Å². The summed E-state index contributed by atoms with van der Waals surface area (Å²) in [6.07, 6.45) is -0.806. The van der Waals surface area contributed by atoms with Crippen molar-refractivity contribution in [3.05, 3.63) is 0 Å². The molecule has 0 rings (SSSR count). The first-order valence-electron chi connectivity index (χ1n) is 1.56. The fraction of sp³-hybridized carbons (Fsp3) is 0.333. The van der Waals surface area contributed by atoms with E-state index in [1.54, 1.807) is 0 Å². The summed E-state index contributed by atoms with van der Waals surface area (Å²) < 4.78 is 0. The standard InChI is InChI=1S/C3H4O4.Ba/c4-2(5)1-3(6)7;/h1H2,(H,4,5)(H,6,7);. The van der Waals surface area contributed by atoms with Gasteiger partial charge in [-0.05, 0) is 0 Å². The van der Waals surface area contributed by atoms with Crippen LogP contribution in [0.15, 0.2) is 0 Å². The number of carboxylic acid groups (broad SMARTS) is 2. The summed E-state index contributed by atoms with van der Waals surface area (Å²) in [5.74, 6) is -2.62. The molecule has 0 aromatic carbocycles. The quantitative estimate of drug-likeness (QED) is 0.488. The summed E-state index contributed by atoms with van der Waals surface area (Å²) in [7, 11) is 0. The van der Waals surface area contributed by atoms with Gasteiger partial charge in [0.2, 0.25) is 0 Å². The SMILES string of the molecule is O=C(O)CC(=O)O.[Ba]. The van der Waals surface area contributed by atoms with E-state index in [1.165, 1.54) is 0 Å². The fourth-order valence-electron chi connectivity index (χ4n) is 0.129. The number of aliphatic carboxylic acids is 2. The Labute approximate surface area is 86.0 Å². The number of hydrogen-bond donors (Lipinski definition) is 2. The van der Waals surface area contributed by atoms with Crippen molar-refractivity contribution in [3.8, 4) is 0 Å². The third-order valence-corrected chi connectivity index (χ3v) is 0.302. The molecule has 0 spiro atoms. The molecular weight excluding hydrogens is 237 g/mol.